The molecule has 126 valence electrons. The molecule has 0 aliphatic heterocycles. The fourth-order valence-corrected chi connectivity index (χ4v) is 3.88. The summed E-state index contributed by atoms with van der Waals surface area (Å²) < 4.78 is 1.84. The van der Waals surface area contributed by atoms with Gasteiger partial charge in [0.05, 0.1) is 21.7 Å². The van der Waals surface area contributed by atoms with Gasteiger partial charge in [0, 0.05) is 18.5 Å². The average molecular weight is 363 g/mol. The van der Waals surface area contributed by atoms with E-state index in [9.17, 15) is 4.79 Å². The number of thiazole rings is 1. The van der Waals surface area contributed by atoms with E-state index in [-0.39, 0.29) is 5.91 Å². The Bertz CT molecular complexity index is 913. The maximum Gasteiger partial charge on any atom is 0.269 e. The molecule has 1 amide bonds. The molecule has 0 aliphatic carbocycles. The highest BCUT2D eigenvalue weighted by Crippen LogP contribution is 2.24. The number of carbonyl (C=O) groups excluding carboxylic acids is 1. The number of carbonyl (C=O) groups is 1. The van der Waals surface area contributed by atoms with Gasteiger partial charge in [-0.25, -0.2) is 9.97 Å². The van der Waals surface area contributed by atoms with Crippen molar-refractivity contribution in [1.82, 2.24) is 14.5 Å². The maximum atomic E-state index is 12.6. The molecule has 0 saturated heterocycles. The second-order valence-corrected chi connectivity index (χ2v) is 7.72. The van der Waals surface area contributed by atoms with Gasteiger partial charge in [0.15, 0.2) is 0 Å². The molecule has 0 radical (unpaired) electrons. The van der Waals surface area contributed by atoms with Gasteiger partial charge in [-0.2, -0.15) is 0 Å². The van der Waals surface area contributed by atoms with Crippen LogP contribution in [0.2, 0.25) is 5.02 Å². The third-order valence-corrected chi connectivity index (χ3v) is 5.11. The number of anilines is 1. The monoisotopic (exact) mass is 362 g/mol. The minimum atomic E-state index is -0.176. The van der Waals surface area contributed by atoms with Crippen molar-refractivity contribution in [3.8, 4) is 0 Å². The highest BCUT2D eigenvalue weighted by atomic mass is 35.5. The van der Waals surface area contributed by atoms with Crippen molar-refractivity contribution in [3.63, 3.8) is 0 Å². The second-order valence-electron chi connectivity index (χ2n) is 6.20. The summed E-state index contributed by atoms with van der Waals surface area (Å²) in [6.07, 6.45) is 0.879. The number of fused-ring (bicyclic) bond motifs is 1. The van der Waals surface area contributed by atoms with Crippen LogP contribution in [0.1, 0.15) is 34.2 Å². The molecule has 0 fully saturated rings. The van der Waals surface area contributed by atoms with Crippen molar-refractivity contribution >= 4 is 45.8 Å². The number of hydrogen-bond acceptors (Lipinski definition) is 4. The Hall–Kier alpha value is -1.92. The summed E-state index contributed by atoms with van der Waals surface area (Å²) in [5, 5.41) is 4.49. The van der Waals surface area contributed by atoms with Gasteiger partial charge in [0.25, 0.3) is 5.91 Å². The number of benzene rings is 1. The van der Waals surface area contributed by atoms with Crippen molar-refractivity contribution < 1.29 is 4.79 Å². The Morgan fingerprint density at radius 3 is 2.83 bits per heavy atom. The van der Waals surface area contributed by atoms with Crippen molar-refractivity contribution in [2.75, 3.05) is 5.32 Å². The first-order valence-corrected chi connectivity index (χ1v) is 8.94. The van der Waals surface area contributed by atoms with Crippen molar-refractivity contribution in [3.05, 3.63) is 38.8 Å². The maximum absolute atomic E-state index is 12.6. The fourth-order valence-electron chi connectivity index (χ4n) is 2.54. The van der Waals surface area contributed by atoms with Crippen molar-refractivity contribution in [2.45, 2.75) is 27.2 Å². The molecule has 0 atom stereocenters. The van der Waals surface area contributed by atoms with Crippen LogP contribution in [0.4, 0.5) is 5.95 Å². The lowest BCUT2D eigenvalue weighted by Crippen LogP contribution is -2.14. The molecule has 2 heterocycles. The van der Waals surface area contributed by atoms with E-state index in [1.54, 1.807) is 6.07 Å². The van der Waals surface area contributed by atoms with Crippen LogP contribution in [-0.2, 0) is 13.5 Å². The molecule has 1 aromatic carbocycles. The average Bonchev–Trinajstić information content (AvgIpc) is 2.99. The van der Waals surface area contributed by atoms with E-state index in [1.807, 2.05) is 30.7 Å². The third kappa shape index (κ3) is 3.30. The number of hydrogen-bond donors (Lipinski definition) is 1. The second kappa shape index (κ2) is 6.53. The molecule has 0 unspecified atom stereocenters. The van der Waals surface area contributed by atoms with Gasteiger partial charge in [0.1, 0.15) is 4.88 Å². The van der Waals surface area contributed by atoms with Crippen LogP contribution in [0, 0.1) is 12.8 Å². The molecular weight excluding hydrogens is 344 g/mol. The van der Waals surface area contributed by atoms with Crippen LogP contribution in [0.3, 0.4) is 0 Å². The van der Waals surface area contributed by atoms with Gasteiger partial charge < -0.3 is 4.57 Å². The predicted octanol–water partition coefficient (Wildman–Crippen LogP) is 4.44. The zero-order valence-electron chi connectivity index (χ0n) is 14.1. The van der Waals surface area contributed by atoms with Gasteiger partial charge in [-0.15, -0.1) is 11.3 Å². The quantitative estimate of drug-likeness (QED) is 0.746. The van der Waals surface area contributed by atoms with E-state index in [2.05, 4.69) is 29.1 Å². The standard InChI is InChI=1S/C17H19ClN4OS/c1-9(2)7-14-19-10(3)15(24-14)16(23)21-17-20-12-8-11(18)5-6-13(12)22(17)4/h5-6,8-9H,7H2,1-4H3,(H,20,21,23). The number of halogens is 1. The fraction of sp³-hybridized carbons (Fsp3) is 0.353. The van der Waals surface area contributed by atoms with E-state index in [1.165, 1.54) is 11.3 Å². The number of imidazole rings is 1. The normalized spacial score (nSPS) is 11.4. The van der Waals surface area contributed by atoms with Gasteiger partial charge in [-0.3, -0.25) is 10.1 Å². The van der Waals surface area contributed by atoms with Gasteiger partial charge >= 0.3 is 0 Å². The molecular formula is C17H19ClN4OS. The molecule has 24 heavy (non-hydrogen) atoms. The van der Waals surface area contributed by atoms with Crippen LogP contribution >= 0.6 is 22.9 Å². The molecule has 5 nitrogen and oxygen atoms in total. The van der Waals surface area contributed by atoms with Crippen LogP contribution in [0.25, 0.3) is 11.0 Å². The van der Waals surface area contributed by atoms with E-state index in [0.717, 1.165) is 28.2 Å². The SMILES string of the molecule is Cc1nc(CC(C)C)sc1C(=O)Nc1nc2cc(Cl)ccc2n1C. The number of amides is 1. The number of aromatic nitrogens is 3. The first kappa shape index (κ1) is 16.9. The summed E-state index contributed by atoms with van der Waals surface area (Å²) in [5.74, 6) is 0.830. The van der Waals surface area contributed by atoms with E-state index >= 15 is 0 Å². The van der Waals surface area contributed by atoms with Crippen molar-refractivity contribution in [1.29, 1.82) is 0 Å². The smallest absolute Gasteiger partial charge is 0.269 e. The molecule has 3 aromatic rings. The first-order chi connectivity index (χ1) is 11.3. The summed E-state index contributed by atoms with van der Waals surface area (Å²) in [6.45, 7) is 6.14. The summed E-state index contributed by atoms with van der Waals surface area (Å²) in [7, 11) is 1.86. The van der Waals surface area contributed by atoms with Crippen LogP contribution < -0.4 is 5.32 Å². The minimum Gasteiger partial charge on any atom is -0.313 e. The predicted molar refractivity (Wildman–Crippen MR) is 99.1 cm³/mol. The van der Waals surface area contributed by atoms with Crippen molar-refractivity contribution in [2.24, 2.45) is 13.0 Å². The Labute approximate surface area is 149 Å². The number of rotatable bonds is 4. The molecule has 0 aliphatic rings. The highest BCUT2D eigenvalue weighted by molar-refractivity contribution is 7.13. The largest absolute Gasteiger partial charge is 0.313 e. The first-order valence-electron chi connectivity index (χ1n) is 7.74. The molecule has 3 rings (SSSR count). The van der Waals surface area contributed by atoms with Crippen LogP contribution in [-0.4, -0.2) is 20.4 Å². The number of aryl methyl sites for hydroxylation is 2. The molecule has 0 spiro atoms. The molecule has 7 heteroatoms. The van der Waals surface area contributed by atoms with Gasteiger partial charge in [0.2, 0.25) is 5.95 Å². The van der Waals surface area contributed by atoms with Crippen LogP contribution in [0.5, 0.6) is 0 Å². The number of nitrogens with zero attached hydrogens (tertiary/aromatic N) is 3. The lowest BCUT2D eigenvalue weighted by Gasteiger charge is -2.04. The Kier molecular flexibility index (Phi) is 4.60. The summed E-state index contributed by atoms with van der Waals surface area (Å²) in [6, 6.07) is 5.48. The van der Waals surface area contributed by atoms with Gasteiger partial charge in [-0.05, 0) is 31.0 Å². The molecule has 2 aromatic heterocycles. The summed E-state index contributed by atoms with van der Waals surface area (Å²) >= 11 is 7.45. The Balaban J connectivity index is 1.87. The molecule has 1 N–H and O–H groups in total. The topological polar surface area (TPSA) is 59.8 Å². The van der Waals surface area contributed by atoms with E-state index in [0.29, 0.717) is 21.8 Å². The van der Waals surface area contributed by atoms with Crippen LogP contribution in [0.15, 0.2) is 18.2 Å². The Morgan fingerprint density at radius 2 is 2.12 bits per heavy atom. The van der Waals surface area contributed by atoms with E-state index in [4.69, 9.17) is 11.6 Å². The molecule has 0 saturated carbocycles. The van der Waals surface area contributed by atoms with E-state index < -0.39 is 0 Å². The highest BCUT2D eigenvalue weighted by Gasteiger charge is 2.18. The third-order valence-electron chi connectivity index (χ3n) is 3.70. The lowest BCUT2D eigenvalue weighted by atomic mass is 10.1. The minimum absolute atomic E-state index is 0.176. The zero-order chi connectivity index (χ0) is 17.4. The zero-order valence-corrected chi connectivity index (χ0v) is 15.6. The summed E-state index contributed by atoms with van der Waals surface area (Å²) in [4.78, 5) is 22.2. The van der Waals surface area contributed by atoms with Gasteiger partial charge in [-0.1, -0.05) is 25.4 Å². The molecule has 0 bridgehead atoms. The summed E-state index contributed by atoms with van der Waals surface area (Å²) in [5.41, 5.74) is 2.42. The lowest BCUT2D eigenvalue weighted by molar-refractivity contribution is 0.102. The Morgan fingerprint density at radius 1 is 1.38 bits per heavy atom. The number of nitrogens with one attached hydrogen (secondary N) is 1.